The van der Waals surface area contributed by atoms with E-state index in [4.69, 9.17) is 15.2 Å². The van der Waals surface area contributed by atoms with Crippen molar-refractivity contribution < 1.29 is 14.6 Å². The molecule has 1 fully saturated rings. The van der Waals surface area contributed by atoms with Gasteiger partial charge in [0.2, 0.25) is 5.95 Å². The van der Waals surface area contributed by atoms with Crippen LogP contribution in [-0.2, 0) is 4.74 Å². The second kappa shape index (κ2) is 9.38. The van der Waals surface area contributed by atoms with E-state index in [1.807, 2.05) is 30.3 Å². The van der Waals surface area contributed by atoms with Crippen molar-refractivity contribution in [1.82, 2.24) is 14.9 Å². The number of rotatable bonds is 7. The van der Waals surface area contributed by atoms with E-state index in [1.165, 1.54) is 0 Å². The van der Waals surface area contributed by atoms with E-state index in [-0.39, 0.29) is 12.6 Å². The normalized spacial score (nSPS) is 16.6. The van der Waals surface area contributed by atoms with Crippen molar-refractivity contribution in [3.05, 3.63) is 48.8 Å². The van der Waals surface area contributed by atoms with Gasteiger partial charge < -0.3 is 25.2 Å². The minimum Gasteiger partial charge on any atom is -0.491 e. The fraction of sp³-hybridized carbons (Fsp3) is 0.391. The molecule has 7 heteroatoms. The first kappa shape index (κ1) is 20.5. The maximum atomic E-state index is 10.5. The molecule has 2 heterocycles. The largest absolute Gasteiger partial charge is 0.491 e. The summed E-state index contributed by atoms with van der Waals surface area (Å²) in [6, 6.07) is 12.1. The zero-order valence-corrected chi connectivity index (χ0v) is 17.2. The van der Waals surface area contributed by atoms with Crippen LogP contribution in [0.3, 0.4) is 0 Å². The van der Waals surface area contributed by atoms with Gasteiger partial charge in [-0.25, -0.2) is 9.97 Å². The summed E-state index contributed by atoms with van der Waals surface area (Å²) in [4.78, 5) is 10.5. The molecule has 1 aliphatic rings. The fourth-order valence-electron chi connectivity index (χ4n) is 3.95. The maximum absolute atomic E-state index is 10.5. The Kier molecular flexibility index (Phi) is 6.42. The highest BCUT2D eigenvalue weighted by atomic mass is 16.5. The first-order chi connectivity index (χ1) is 14.6. The van der Waals surface area contributed by atoms with Crippen LogP contribution in [0, 0.1) is 0 Å². The first-order valence-electron chi connectivity index (χ1n) is 10.3. The monoisotopic (exact) mass is 408 g/mol. The Morgan fingerprint density at radius 1 is 1.17 bits per heavy atom. The minimum absolute atomic E-state index is 0.236. The van der Waals surface area contributed by atoms with E-state index in [9.17, 15) is 5.11 Å². The van der Waals surface area contributed by atoms with Gasteiger partial charge in [0.25, 0.3) is 0 Å². The van der Waals surface area contributed by atoms with Gasteiger partial charge in [-0.3, -0.25) is 0 Å². The molecular formula is C23H28N4O3. The van der Waals surface area contributed by atoms with Crippen molar-refractivity contribution in [1.29, 1.82) is 0 Å². The molecule has 0 radical (unpaired) electrons. The van der Waals surface area contributed by atoms with Crippen molar-refractivity contribution >= 4 is 16.7 Å². The Hall–Kier alpha value is -2.74. The molecule has 1 aliphatic heterocycles. The number of fused-ring (bicyclic) bond motifs is 1. The van der Waals surface area contributed by atoms with Gasteiger partial charge in [-0.1, -0.05) is 24.3 Å². The minimum atomic E-state index is -0.557. The number of nitrogen functional groups attached to an aromatic ring is 1. The Morgan fingerprint density at radius 2 is 1.90 bits per heavy atom. The molecule has 1 saturated heterocycles. The van der Waals surface area contributed by atoms with Crippen LogP contribution in [0.1, 0.15) is 12.8 Å². The van der Waals surface area contributed by atoms with Crippen molar-refractivity contribution in [2.24, 2.45) is 0 Å². The van der Waals surface area contributed by atoms with E-state index in [1.54, 1.807) is 19.5 Å². The number of nitrogens with two attached hydrogens (primary N) is 1. The van der Waals surface area contributed by atoms with Gasteiger partial charge in [-0.05, 0) is 41.3 Å². The SMILES string of the molecule is COC1CCN(CC(O)COc2cc(-c3cnc(N)nc3)c3ccccc3c2)CC1. The van der Waals surface area contributed by atoms with E-state index in [2.05, 4.69) is 20.9 Å². The van der Waals surface area contributed by atoms with Crippen LogP contribution in [0.5, 0.6) is 5.75 Å². The van der Waals surface area contributed by atoms with Crippen LogP contribution in [0.2, 0.25) is 0 Å². The van der Waals surface area contributed by atoms with Gasteiger partial charge in [-0.15, -0.1) is 0 Å². The Bertz CT molecular complexity index is 972. The molecule has 30 heavy (non-hydrogen) atoms. The number of anilines is 1. The average Bonchev–Trinajstić information content (AvgIpc) is 2.78. The van der Waals surface area contributed by atoms with Gasteiger partial charge in [0, 0.05) is 44.7 Å². The standard InChI is InChI=1S/C23H28N4O3/c1-29-19-6-8-27(9-7-19)14-18(28)15-30-20-10-16-4-2-3-5-21(16)22(11-20)17-12-25-23(24)26-13-17/h2-5,10-13,18-19,28H,6-9,14-15H2,1H3,(H2,24,25,26). The highest BCUT2D eigenvalue weighted by Gasteiger charge is 2.21. The van der Waals surface area contributed by atoms with Gasteiger partial charge in [0.05, 0.1) is 6.10 Å². The van der Waals surface area contributed by atoms with Gasteiger partial charge >= 0.3 is 0 Å². The molecule has 2 aromatic carbocycles. The molecule has 0 aliphatic carbocycles. The number of benzene rings is 2. The number of methoxy groups -OCH3 is 1. The summed E-state index contributed by atoms with van der Waals surface area (Å²) in [6.07, 6.45) is 5.21. The highest BCUT2D eigenvalue weighted by Crippen LogP contribution is 2.32. The number of hydrogen-bond donors (Lipinski definition) is 2. The number of aliphatic hydroxyl groups excluding tert-OH is 1. The molecule has 1 atom stereocenters. The summed E-state index contributed by atoms with van der Waals surface area (Å²) in [7, 11) is 1.76. The fourth-order valence-corrected chi connectivity index (χ4v) is 3.95. The van der Waals surface area contributed by atoms with Crippen molar-refractivity contribution in [2.75, 3.05) is 39.1 Å². The maximum Gasteiger partial charge on any atom is 0.219 e. The van der Waals surface area contributed by atoms with Gasteiger partial charge in [-0.2, -0.15) is 0 Å². The lowest BCUT2D eigenvalue weighted by Gasteiger charge is -2.32. The topological polar surface area (TPSA) is 93.7 Å². The third kappa shape index (κ3) is 4.87. The van der Waals surface area contributed by atoms with Crippen molar-refractivity contribution in [2.45, 2.75) is 25.0 Å². The molecule has 1 unspecified atom stereocenters. The quantitative estimate of drug-likeness (QED) is 0.621. The molecule has 0 spiro atoms. The van der Waals surface area contributed by atoms with Crippen molar-refractivity contribution in [3.8, 4) is 16.9 Å². The zero-order valence-electron chi connectivity index (χ0n) is 17.2. The lowest BCUT2D eigenvalue weighted by molar-refractivity contribution is 0.0153. The Balaban J connectivity index is 1.46. The second-order valence-corrected chi connectivity index (χ2v) is 7.72. The van der Waals surface area contributed by atoms with Gasteiger partial charge in [0.1, 0.15) is 18.5 Å². The number of piperidine rings is 1. The van der Waals surface area contributed by atoms with Crippen LogP contribution in [0.15, 0.2) is 48.8 Å². The number of likely N-dealkylation sites (tertiary alicyclic amines) is 1. The van der Waals surface area contributed by atoms with Crippen LogP contribution < -0.4 is 10.5 Å². The first-order valence-corrected chi connectivity index (χ1v) is 10.3. The summed E-state index contributed by atoms with van der Waals surface area (Å²) in [6.45, 7) is 2.71. The number of hydrogen-bond acceptors (Lipinski definition) is 7. The van der Waals surface area contributed by atoms with E-state index in [0.29, 0.717) is 18.4 Å². The van der Waals surface area contributed by atoms with Gasteiger partial charge in [0.15, 0.2) is 0 Å². The Labute approximate surface area is 176 Å². The molecule has 0 bridgehead atoms. The molecule has 7 nitrogen and oxygen atoms in total. The molecule has 0 saturated carbocycles. The van der Waals surface area contributed by atoms with E-state index < -0.39 is 6.10 Å². The molecule has 4 rings (SSSR count). The molecule has 3 N–H and O–H groups in total. The highest BCUT2D eigenvalue weighted by molar-refractivity contribution is 5.97. The zero-order chi connectivity index (χ0) is 20.9. The number of β-amino-alcohol motifs (C(OH)–C–C–N with tert-alkyl or cyclic N) is 1. The number of aromatic nitrogens is 2. The average molecular weight is 409 g/mol. The molecule has 3 aromatic rings. The van der Waals surface area contributed by atoms with E-state index >= 15 is 0 Å². The Morgan fingerprint density at radius 3 is 2.63 bits per heavy atom. The van der Waals surface area contributed by atoms with Crippen LogP contribution >= 0.6 is 0 Å². The molecule has 1 aromatic heterocycles. The number of aliphatic hydroxyl groups is 1. The lowest BCUT2D eigenvalue weighted by atomic mass is 10.00. The molecular weight excluding hydrogens is 380 g/mol. The smallest absolute Gasteiger partial charge is 0.219 e. The van der Waals surface area contributed by atoms with Crippen LogP contribution in [0.25, 0.3) is 21.9 Å². The third-order valence-corrected chi connectivity index (χ3v) is 5.60. The predicted octanol–water partition coefficient (Wildman–Crippen LogP) is 2.73. The van der Waals surface area contributed by atoms with Crippen LogP contribution in [-0.4, -0.2) is 65.5 Å². The number of ether oxygens (including phenoxy) is 2. The summed E-state index contributed by atoms with van der Waals surface area (Å²) in [5.41, 5.74) is 7.47. The summed E-state index contributed by atoms with van der Waals surface area (Å²) in [5.74, 6) is 0.950. The van der Waals surface area contributed by atoms with Crippen molar-refractivity contribution in [3.63, 3.8) is 0 Å². The van der Waals surface area contributed by atoms with Crippen LogP contribution in [0.4, 0.5) is 5.95 Å². The predicted molar refractivity (Wildman–Crippen MR) is 117 cm³/mol. The summed E-state index contributed by atoms with van der Waals surface area (Å²) >= 11 is 0. The van der Waals surface area contributed by atoms with E-state index in [0.717, 1.165) is 47.8 Å². The summed E-state index contributed by atoms with van der Waals surface area (Å²) < 4.78 is 11.4. The third-order valence-electron chi connectivity index (χ3n) is 5.60. The molecule has 158 valence electrons. The second-order valence-electron chi connectivity index (χ2n) is 7.72. The number of nitrogens with zero attached hydrogens (tertiary/aromatic N) is 3. The molecule has 0 amide bonds. The summed E-state index contributed by atoms with van der Waals surface area (Å²) in [5, 5.41) is 12.6. The lowest BCUT2D eigenvalue weighted by Crippen LogP contribution is -2.42.